The van der Waals surface area contributed by atoms with E-state index in [0.717, 1.165) is 43.9 Å². The third-order valence-corrected chi connectivity index (χ3v) is 3.84. The minimum Gasteiger partial charge on any atom is -0.496 e. The van der Waals surface area contributed by atoms with Gasteiger partial charge >= 0.3 is 0 Å². The number of halogens is 1. The van der Waals surface area contributed by atoms with E-state index in [9.17, 15) is 4.39 Å². The van der Waals surface area contributed by atoms with Gasteiger partial charge in [0, 0.05) is 37.8 Å². The molecule has 1 heterocycles. The third-order valence-electron chi connectivity index (χ3n) is 3.84. The number of ether oxygens (including phenoxy) is 1. The molecule has 0 amide bonds. The van der Waals surface area contributed by atoms with E-state index in [1.807, 2.05) is 0 Å². The molecule has 2 rings (SSSR count). The van der Waals surface area contributed by atoms with Crippen LogP contribution in [0, 0.1) is 11.7 Å². The Labute approximate surface area is 121 Å². The molecule has 1 aliphatic heterocycles. The zero-order valence-corrected chi connectivity index (χ0v) is 12.7. The Morgan fingerprint density at radius 1 is 1.30 bits per heavy atom. The van der Waals surface area contributed by atoms with Crippen molar-refractivity contribution in [1.82, 2.24) is 10.2 Å². The summed E-state index contributed by atoms with van der Waals surface area (Å²) in [6, 6.07) is 5.06. The summed E-state index contributed by atoms with van der Waals surface area (Å²) in [7, 11) is 1.65. The molecular formula is C16H25FN2O. The van der Waals surface area contributed by atoms with Crippen LogP contribution in [0.15, 0.2) is 18.2 Å². The number of benzene rings is 1. The molecule has 1 aromatic rings. The van der Waals surface area contributed by atoms with Crippen LogP contribution in [0.2, 0.25) is 0 Å². The number of methoxy groups -OCH3 is 1. The maximum absolute atomic E-state index is 13.7. The van der Waals surface area contributed by atoms with Gasteiger partial charge in [0.25, 0.3) is 0 Å². The highest BCUT2D eigenvalue weighted by Gasteiger charge is 2.26. The van der Waals surface area contributed by atoms with Crippen molar-refractivity contribution >= 4 is 0 Å². The average Bonchev–Trinajstić information content (AvgIpc) is 2.45. The summed E-state index contributed by atoms with van der Waals surface area (Å²) in [6.45, 7) is 8.40. The first-order valence-electron chi connectivity index (χ1n) is 7.40. The van der Waals surface area contributed by atoms with Gasteiger partial charge in [0.05, 0.1) is 7.11 Å². The fourth-order valence-corrected chi connectivity index (χ4v) is 2.88. The molecule has 0 saturated carbocycles. The zero-order chi connectivity index (χ0) is 14.5. The van der Waals surface area contributed by atoms with E-state index in [-0.39, 0.29) is 11.9 Å². The second kappa shape index (κ2) is 7.04. The second-order valence-electron chi connectivity index (χ2n) is 5.82. The van der Waals surface area contributed by atoms with Crippen LogP contribution in [0.5, 0.6) is 5.75 Å². The molecule has 1 saturated heterocycles. The predicted molar refractivity (Wildman–Crippen MR) is 79.6 cm³/mol. The standard InChI is InChI=1S/C16H25FN2O/c1-12(2)10-15(19-8-6-18-7-9-19)14-11-13(17)4-5-16(14)20-3/h4-5,11-12,15,18H,6-10H2,1-3H3/t15-/m1/s1. The van der Waals surface area contributed by atoms with Gasteiger partial charge in [-0.15, -0.1) is 0 Å². The molecule has 0 aliphatic carbocycles. The lowest BCUT2D eigenvalue weighted by Crippen LogP contribution is -2.45. The van der Waals surface area contributed by atoms with Crippen LogP contribution in [-0.2, 0) is 0 Å². The first-order chi connectivity index (χ1) is 9.61. The molecule has 0 unspecified atom stereocenters. The van der Waals surface area contributed by atoms with Gasteiger partial charge in [0.15, 0.2) is 0 Å². The smallest absolute Gasteiger partial charge is 0.123 e. The van der Waals surface area contributed by atoms with Gasteiger partial charge in [-0.1, -0.05) is 13.8 Å². The van der Waals surface area contributed by atoms with Crippen LogP contribution in [0.3, 0.4) is 0 Å². The van der Waals surface area contributed by atoms with Crippen LogP contribution in [0.25, 0.3) is 0 Å². The maximum atomic E-state index is 13.7. The van der Waals surface area contributed by atoms with Gasteiger partial charge in [-0.25, -0.2) is 4.39 Å². The molecule has 1 fully saturated rings. The molecule has 0 spiro atoms. The molecule has 112 valence electrons. The quantitative estimate of drug-likeness (QED) is 0.897. The number of rotatable bonds is 5. The summed E-state index contributed by atoms with van der Waals surface area (Å²) in [6.07, 6.45) is 1.01. The van der Waals surface area contributed by atoms with Crippen molar-refractivity contribution in [3.05, 3.63) is 29.6 Å². The normalized spacial score (nSPS) is 18.2. The molecule has 4 heteroatoms. The first kappa shape index (κ1) is 15.3. The Bertz CT molecular complexity index is 430. The van der Waals surface area contributed by atoms with E-state index in [0.29, 0.717) is 5.92 Å². The molecular weight excluding hydrogens is 255 g/mol. The van der Waals surface area contributed by atoms with E-state index in [4.69, 9.17) is 4.74 Å². The Balaban J connectivity index is 2.31. The van der Waals surface area contributed by atoms with Crippen LogP contribution >= 0.6 is 0 Å². The van der Waals surface area contributed by atoms with Gasteiger partial charge < -0.3 is 10.1 Å². The Hall–Kier alpha value is -1.13. The highest BCUT2D eigenvalue weighted by molar-refractivity contribution is 5.36. The summed E-state index contributed by atoms with van der Waals surface area (Å²) < 4.78 is 19.1. The second-order valence-corrected chi connectivity index (χ2v) is 5.82. The highest BCUT2D eigenvalue weighted by Crippen LogP contribution is 2.34. The molecule has 1 aliphatic rings. The van der Waals surface area contributed by atoms with Crippen molar-refractivity contribution in [1.29, 1.82) is 0 Å². The van der Waals surface area contributed by atoms with Crippen LogP contribution < -0.4 is 10.1 Å². The molecule has 0 radical (unpaired) electrons. The van der Waals surface area contributed by atoms with Crippen LogP contribution in [0.4, 0.5) is 4.39 Å². The van der Waals surface area contributed by atoms with E-state index in [1.54, 1.807) is 19.2 Å². The van der Waals surface area contributed by atoms with E-state index < -0.39 is 0 Å². The molecule has 1 N–H and O–H groups in total. The van der Waals surface area contributed by atoms with Crippen molar-refractivity contribution in [3.8, 4) is 5.75 Å². The summed E-state index contributed by atoms with van der Waals surface area (Å²) in [5, 5.41) is 3.37. The van der Waals surface area contributed by atoms with Gasteiger partial charge in [0.2, 0.25) is 0 Å². The highest BCUT2D eigenvalue weighted by atomic mass is 19.1. The van der Waals surface area contributed by atoms with Crippen molar-refractivity contribution in [2.45, 2.75) is 26.3 Å². The van der Waals surface area contributed by atoms with Crippen molar-refractivity contribution in [2.75, 3.05) is 33.3 Å². The zero-order valence-electron chi connectivity index (χ0n) is 12.7. The first-order valence-corrected chi connectivity index (χ1v) is 7.40. The number of piperazine rings is 1. The van der Waals surface area contributed by atoms with E-state index in [1.165, 1.54) is 6.07 Å². The van der Waals surface area contributed by atoms with Gasteiger partial charge in [-0.05, 0) is 30.5 Å². The maximum Gasteiger partial charge on any atom is 0.123 e. The minimum atomic E-state index is -0.190. The Kier molecular flexibility index (Phi) is 5.38. The predicted octanol–water partition coefficient (Wildman–Crippen LogP) is 2.83. The average molecular weight is 280 g/mol. The van der Waals surface area contributed by atoms with E-state index >= 15 is 0 Å². The SMILES string of the molecule is COc1ccc(F)cc1[C@@H](CC(C)C)N1CCNCC1. The van der Waals surface area contributed by atoms with Gasteiger partial charge in [0.1, 0.15) is 11.6 Å². The molecule has 20 heavy (non-hydrogen) atoms. The van der Waals surface area contributed by atoms with Crippen LogP contribution in [-0.4, -0.2) is 38.2 Å². The Morgan fingerprint density at radius 3 is 2.60 bits per heavy atom. The topological polar surface area (TPSA) is 24.5 Å². The fraction of sp³-hybridized carbons (Fsp3) is 0.625. The molecule has 0 aromatic heterocycles. The van der Waals surface area contributed by atoms with Crippen LogP contribution in [0.1, 0.15) is 31.9 Å². The molecule has 3 nitrogen and oxygen atoms in total. The van der Waals surface area contributed by atoms with Crippen molar-refractivity contribution in [3.63, 3.8) is 0 Å². The largest absolute Gasteiger partial charge is 0.496 e. The molecule has 0 bridgehead atoms. The number of hydrogen-bond donors (Lipinski definition) is 1. The summed E-state index contributed by atoms with van der Waals surface area (Å²) >= 11 is 0. The molecule has 1 aromatic carbocycles. The van der Waals surface area contributed by atoms with Crippen molar-refractivity contribution < 1.29 is 9.13 Å². The summed E-state index contributed by atoms with van der Waals surface area (Å²) in [5.74, 6) is 1.16. The lowest BCUT2D eigenvalue weighted by molar-refractivity contribution is 0.151. The number of nitrogens with zero attached hydrogens (tertiary/aromatic N) is 1. The molecule has 1 atom stereocenters. The summed E-state index contributed by atoms with van der Waals surface area (Å²) in [5.41, 5.74) is 0.975. The third kappa shape index (κ3) is 3.70. The number of hydrogen-bond acceptors (Lipinski definition) is 3. The Morgan fingerprint density at radius 2 is 2.00 bits per heavy atom. The monoisotopic (exact) mass is 280 g/mol. The van der Waals surface area contributed by atoms with Gasteiger partial charge in [-0.3, -0.25) is 4.90 Å². The summed E-state index contributed by atoms with van der Waals surface area (Å²) in [4.78, 5) is 2.44. The van der Waals surface area contributed by atoms with E-state index in [2.05, 4.69) is 24.1 Å². The van der Waals surface area contributed by atoms with Gasteiger partial charge in [-0.2, -0.15) is 0 Å². The van der Waals surface area contributed by atoms with Crippen molar-refractivity contribution in [2.24, 2.45) is 5.92 Å². The number of nitrogens with one attached hydrogen (secondary N) is 1. The fourth-order valence-electron chi connectivity index (χ4n) is 2.88. The lowest BCUT2D eigenvalue weighted by atomic mass is 9.94. The lowest BCUT2D eigenvalue weighted by Gasteiger charge is -2.36. The minimum absolute atomic E-state index is 0.190.